The number of carboxylic acid groups (broad SMARTS) is 1. The largest absolute Gasteiger partial charge is 0.480 e. The van der Waals surface area contributed by atoms with Gasteiger partial charge in [-0.1, -0.05) is 12.8 Å². The monoisotopic (exact) mass is 244 g/mol. The minimum atomic E-state index is -1.28. The zero-order valence-electron chi connectivity index (χ0n) is 10.2. The summed E-state index contributed by atoms with van der Waals surface area (Å²) in [6, 6.07) is -1.82. The second kappa shape index (κ2) is 5.35. The van der Waals surface area contributed by atoms with Crippen LogP contribution in [-0.4, -0.2) is 39.9 Å². The Bertz CT molecular complexity index is 298. The van der Waals surface area contributed by atoms with E-state index in [1.54, 1.807) is 0 Å². The molecule has 0 aromatic rings. The number of rotatable bonds is 4. The quantitative estimate of drug-likeness (QED) is 0.577. The first-order chi connectivity index (χ1) is 7.84. The Morgan fingerprint density at radius 1 is 1.29 bits per heavy atom. The number of carbonyl (C=O) groups excluding carboxylic acids is 1. The van der Waals surface area contributed by atoms with Gasteiger partial charge in [0.1, 0.15) is 0 Å². The second-order valence-electron chi connectivity index (χ2n) is 4.92. The molecule has 0 aromatic heterocycles. The molecule has 0 radical (unpaired) electrons. The third-order valence-corrected chi connectivity index (χ3v) is 3.16. The number of hydrogen-bond acceptors (Lipinski definition) is 3. The molecular weight excluding hydrogens is 224 g/mol. The standard InChI is InChI=1S/C11H20N2O4/c1-7(14)8(9(15)16)12-10(17)13-11(2)5-3-4-6-11/h7-8,14H,3-6H2,1-2H3,(H,15,16)(H2,12,13,17). The third kappa shape index (κ3) is 3.89. The van der Waals surface area contributed by atoms with Crippen molar-refractivity contribution in [3.63, 3.8) is 0 Å². The van der Waals surface area contributed by atoms with Crippen LogP contribution in [0.5, 0.6) is 0 Å². The maximum atomic E-state index is 11.6. The van der Waals surface area contributed by atoms with Crippen molar-refractivity contribution in [1.29, 1.82) is 0 Å². The van der Waals surface area contributed by atoms with Gasteiger partial charge in [-0.2, -0.15) is 0 Å². The summed E-state index contributed by atoms with van der Waals surface area (Å²) in [5.74, 6) is -1.24. The van der Waals surface area contributed by atoms with Gasteiger partial charge in [-0.25, -0.2) is 9.59 Å². The van der Waals surface area contributed by atoms with E-state index in [1.165, 1.54) is 6.92 Å². The fraction of sp³-hybridized carbons (Fsp3) is 0.818. The first kappa shape index (κ1) is 13.8. The van der Waals surface area contributed by atoms with Crippen LogP contribution in [0.25, 0.3) is 0 Å². The van der Waals surface area contributed by atoms with Crippen molar-refractivity contribution in [1.82, 2.24) is 10.6 Å². The molecule has 0 heterocycles. The molecular formula is C11H20N2O4. The molecule has 1 rings (SSSR count). The summed E-state index contributed by atoms with van der Waals surface area (Å²) in [6.45, 7) is 3.27. The van der Waals surface area contributed by atoms with Crippen molar-refractivity contribution in [3.8, 4) is 0 Å². The fourth-order valence-corrected chi connectivity index (χ4v) is 2.12. The Hall–Kier alpha value is -1.30. The van der Waals surface area contributed by atoms with Crippen molar-refractivity contribution in [3.05, 3.63) is 0 Å². The molecule has 1 saturated carbocycles. The van der Waals surface area contributed by atoms with E-state index in [4.69, 9.17) is 5.11 Å². The van der Waals surface area contributed by atoms with Gasteiger partial charge in [0.15, 0.2) is 6.04 Å². The minimum Gasteiger partial charge on any atom is -0.480 e. The van der Waals surface area contributed by atoms with Crippen LogP contribution in [0.4, 0.5) is 4.79 Å². The Morgan fingerprint density at radius 2 is 1.82 bits per heavy atom. The van der Waals surface area contributed by atoms with Crippen molar-refractivity contribution < 1.29 is 19.8 Å². The highest BCUT2D eigenvalue weighted by Crippen LogP contribution is 2.28. The molecule has 0 saturated heterocycles. The molecule has 0 bridgehead atoms. The van der Waals surface area contributed by atoms with Gasteiger partial charge in [-0.15, -0.1) is 0 Å². The third-order valence-electron chi connectivity index (χ3n) is 3.16. The van der Waals surface area contributed by atoms with Crippen LogP contribution in [0, 0.1) is 0 Å². The maximum Gasteiger partial charge on any atom is 0.328 e. The predicted octanol–water partition coefficient (Wildman–Crippen LogP) is 0.452. The lowest BCUT2D eigenvalue weighted by atomic mass is 10.0. The van der Waals surface area contributed by atoms with Gasteiger partial charge >= 0.3 is 12.0 Å². The molecule has 1 aliphatic carbocycles. The lowest BCUT2D eigenvalue weighted by Gasteiger charge is -2.27. The summed E-state index contributed by atoms with van der Waals surface area (Å²) >= 11 is 0. The van der Waals surface area contributed by atoms with Crippen molar-refractivity contribution in [2.24, 2.45) is 0 Å². The predicted molar refractivity (Wildman–Crippen MR) is 61.6 cm³/mol. The first-order valence-electron chi connectivity index (χ1n) is 5.84. The normalized spacial score (nSPS) is 21.6. The Kier molecular flexibility index (Phi) is 4.34. The van der Waals surface area contributed by atoms with Gasteiger partial charge in [0.2, 0.25) is 0 Å². The van der Waals surface area contributed by atoms with Crippen molar-refractivity contribution in [2.75, 3.05) is 0 Å². The molecule has 6 heteroatoms. The molecule has 0 spiro atoms. The molecule has 2 unspecified atom stereocenters. The molecule has 4 N–H and O–H groups in total. The van der Waals surface area contributed by atoms with E-state index in [2.05, 4.69) is 10.6 Å². The number of carboxylic acids is 1. The average molecular weight is 244 g/mol. The average Bonchev–Trinajstić information content (AvgIpc) is 2.60. The van der Waals surface area contributed by atoms with E-state index < -0.39 is 24.1 Å². The molecule has 0 aliphatic heterocycles. The Labute approximate surface area is 100 Å². The van der Waals surface area contributed by atoms with Crippen LogP contribution in [0.1, 0.15) is 39.5 Å². The molecule has 2 atom stereocenters. The first-order valence-corrected chi connectivity index (χ1v) is 5.84. The number of aliphatic hydroxyl groups is 1. The Morgan fingerprint density at radius 3 is 2.24 bits per heavy atom. The number of aliphatic hydroxyl groups excluding tert-OH is 1. The maximum absolute atomic E-state index is 11.6. The van der Waals surface area contributed by atoms with Gasteiger partial charge in [0.05, 0.1) is 6.10 Å². The topological polar surface area (TPSA) is 98.7 Å². The summed E-state index contributed by atoms with van der Waals surface area (Å²) < 4.78 is 0. The van der Waals surface area contributed by atoms with E-state index in [-0.39, 0.29) is 5.54 Å². The highest BCUT2D eigenvalue weighted by molar-refractivity contribution is 5.83. The number of urea groups is 1. The summed E-state index contributed by atoms with van der Waals surface area (Å²) in [5, 5.41) is 23.1. The van der Waals surface area contributed by atoms with E-state index in [9.17, 15) is 14.7 Å². The molecule has 17 heavy (non-hydrogen) atoms. The number of amides is 2. The number of aliphatic carboxylic acids is 1. The van der Waals surface area contributed by atoms with Crippen LogP contribution < -0.4 is 10.6 Å². The lowest BCUT2D eigenvalue weighted by molar-refractivity contribution is -0.141. The van der Waals surface area contributed by atoms with E-state index in [1.807, 2.05) is 6.92 Å². The highest BCUT2D eigenvalue weighted by Gasteiger charge is 2.32. The number of carbonyl (C=O) groups is 2. The van der Waals surface area contributed by atoms with Crippen molar-refractivity contribution >= 4 is 12.0 Å². The Balaban J connectivity index is 2.50. The van der Waals surface area contributed by atoms with Gasteiger partial charge in [-0.3, -0.25) is 0 Å². The lowest BCUT2D eigenvalue weighted by Crippen LogP contribution is -2.55. The van der Waals surface area contributed by atoms with Crippen LogP contribution in [0.15, 0.2) is 0 Å². The number of hydrogen-bond donors (Lipinski definition) is 4. The summed E-state index contributed by atoms with van der Waals surface area (Å²) in [6.07, 6.45) is 2.79. The van der Waals surface area contributed by atoms with Gasteiger partial charge in [0, 0.05) is 5.54 Å². The van der Waals surface area contributed by atoms with E-state index in [0.29, 0.717) is 0 Å². The zero-order chi connectivity index (χ0) is 13.1. The van der Waals surface area contributed by atoms with Gasteiger partial charge < -0.3 is 20.8 Å². The highest BCUT2D eigenvalue weighted by atomic mass is 16.4. The summed E-state index contributed by atoms with van der Waals surface area (Å²) in [7, 11) is 0. The zero-order valence-corrected chi connectivity index (χ0v) is 10.2. The van der Waals surface area contributed by atoms with Crippen LogP contribution in [-0.2, 0) is 4.79 Å². The second-order valence-corrected chi connectivity index (χ2v) is 4.92. The smallest absolute Gasteiger partial charge is 0.328 e. The van der Waals surface area contributed by atoms with Crippen molar-refractivity contribution in [2.45, 2.75) is 57.2 Å². The van der Waals surface area contributed by atoms with Gasteiger partial charge in [-0.05, 0) is 26.7 Å². The molecule has 0 aromatic carbocycles. The van der Waals surface area contributed by atoms with Gasteiger partial charge in [0.25, 0.3) is 0 Å². The van der Waals surface area contributed by atoms with E-state index >= 15 is 0 Å². The van der Waals surface area contributed by atoms with E-state index in [0.717, 1.165) is 25.7 Å². The molecule has 1 fully saturated rings. The molecule has 98 valence electrons. The summed E-state index contributed by atoms with van der Waals surface area (Å²) in [5.41, 5.74) is -0.258. The molecule has 1 aliphatic rings. The minimum absolute atomic E-state index is 0.258. The van der Waals surface area contributed by atoms with Crippen LogP contribution >= 0.6 is 0 Å². The van der Waals surface area contributed by atoms with Crippen LogP contribution in [0.3, 0.4) is 0 Å². The fourth-order valence-electron chi connectivity index (χ4n) is 2.12. The SMILES string of the molecule is CC(O)C(NC(=O)NC1(C)CCCC1)C(=O)O. The number of nitrogens with one attached hydrogen (secondary N) is 2. The summed E-state index contributed by atoms with van der Waals surface area (Å²) in [4.78, 5) is 22.4. The van der Waals surface area contributed by atoms with Crippen LogP contribution in [0.2, 0.25) is 0 Å². The molecule has 2 amide bonds. The molecule has 6 nitrogen and oxygen atoms in total.